The van der Waals surface area contributed by atoms with E-state index in [4.69, 9.17) is 5.11 Å². The van der Waals surface area contributed by atoms with Gasteiger partial charge in [0.05, 0.1) is 0 Å². The Balaban J connectivity index is 2.47. The molecule has 1 aromatic carbocycles. The molecular formula is C13H19NO2. The van der Waals surface area contributed by atoms with E-state index in [0.717, 1.165) is 5.56 Å². The maximum absolute atomic E-state index is 11.6. The number of benzene rings is 1. The van der Waals surface area contributed by atoms with Gasteiger partial charge in [0.2, 0.25) is 5.91 Å². The summed E-state index contributed by atoms with van der Waals surface area (Å²) >= 11 is 0. The smallest absolute Gasteiger partial charge is 0.222 e. The molecule has 0 spiro atoms. The molecule has 88 valence electrons. The number of aryl methyl sites for hydroxylation is 1. The van der Waals surface area contributed by atoms with Crippen LogP contribution < -0.4 is 0 Å². The van der Waals surface area contributed by atoms with E-state index in [2.05, 4.69) is 0 Å². The molecule has 1 aromatic rings. The van der Waals surface area contributed by atoms with Crippen molar-refractivity contribution < 1.29 is 9.90 Å². The molecule has 0 bridgehead atoms. The average molecular weight is 221 g/mol. The van der Waals surface area contributed by atoms with Crippen molar-refractivity contribution in [2.24, 2.45) is 0 Å². The van der Waals surface area contributed by atoms with Crippen molar-refractivity contribution in [3.8, 4) is 0 Å². The molecule has 1 N–H and O–H groups in total. The zero-order valence-corrected chi connectivity index (χ0v) is 9.94. The lowest BCUT2D eigenvalue weighted by atomic mass is 10.1. The Hall–Kier alpha value is -1.35. The van der Waals surface area contributed by atoms with E-state index in [-0.39, 0.29) is 12.5 Å². The monoisotopic (exact) mass is 221 g/mol. The van der Waals surface area contributed by atoms with Crippen LogP contribution >= 0.6 is 0 Å². The van der Waals surface area contributed by atoms with Gasteiger partial charge in [0, 0.05) is 26.6 Å². The minimum atomic E-state index is 0.0735. The summed E-state index contributed by atoms with van der Waals surface area (Å²) in [4.78, 5) is 13.3. The zero-order chi connectivity index (χ0) is 12.0. The zero-order valence-electron chi connectivity index (χ0n) is 9.94. The van der Waals surface area contributed by atoms with Crippen LogP contribution in [0.1, 0.15) is 24.0 Å². The number of aliphatic hydroxyl groups is 1. The van der Waals surface area contributed by atoms with Gasteiger partial charge in [-0.1, -0.05) is 29.8 Å². The second-order valence-electron chi connectivity index (χ2n) is 4.06. The fraction of sp³-hybridized carbons (Fsp3) is 0.462. The van der Waals surface area contributed by atoms with Crippen LogP contribution in [-0.2, 0) is 11.3 Å². The van der Waals surface area contributed by atoms with Gasteiger partial charge in [-0.05, 0) is 18.9 Å². The van der Waals surface area contributed by atoms with Crippen LogP contribution in [0.2, 0.25) is 0 Å². The van der Waals surface area contributed by atoms with Crippen molar-refractivity contribution in [2.45, 2.75) is 26.3 Å². The highest BCUT2D eigenvalue weighted by Gasteiger charge is 2.08. The SMILES string of the molecule is Cc1ccc(CN(C)C(=O)CCCO)cc1. The van der Waals surface area contributed by atoms with E-state index in [1.54, 1.807) is 11.9 Å². The summed E-state index contributed by atoms with van der Waals surface area (Å²) in [5.41, 5.74) is 2.35. The topological polar surface area (TPSA) is 40.5 Å². The molecule has 0 aromatic heterocycles. The second kappa shape index (κ2) is 6.28. The predicted molar refractivity (Wildman–Crippen MR) is 64.0 cm³/mol. The van der Waals surface area contributed by atoms with Gasteiger partial charge in [0.25, 0.3) is 0 Å². The minimum absolute atomic E-state index is 0.0735. The summed E-state index contributed by atoms with van der Waals surface area (Å²) in [5.74, 6) is 0.0784. The van der Waals surface area contributed by atoms with Crippen molar-refractivity contribution in [1.29, 1.82) is 0 Å². The standard InChI is InChI=1S/C13H19NO2/c1-11-5-7-12(8-6-11)10-14(2)13(16)4-3-9-15/h5-8,15H,3-4,9-10H2,1-2H3. The largest absolute Gasteiger partial charge is 0.396 e. The van der Waals surface area contributed by atoms with E-state index in [1.807, 2.05) is 31.2 Å². The quantitative estimate of drug-likeness (QED) is 0.822. The molecule has 0 aliphatic heterocycles. The average Bonchev–Trinajstić information content (AvgIpc) is 2.29. The van der Waals surface area contributed by atoms with Gasteiger partial charge in [-0.2, -0.15) is 0 Å². The summed E-state index contributed by atoms with van der Waals surface area (Å²) in [6, 6.07) is 8.15. The van der Waals surface area contributed by atoms with Gasteiger partial charge >= 0.3 is 0 Å². The molecule has 0 saturated heterocycles. The van der Waals surface area contributed by atoms with Gasteiger partial charge in [0.15, 0.2) is 0 Å². The van der Waals surface area contributed by atoms with Crippen LogP contribution in [0.25, 0.3) is 0 Å². The third-order valence-corrected chi connectivity index (χ3v) is 2.51. The summed E-state index contributed by atoms with van der Waals surface area (Å²) in [5, 5.41) is 8.65. The maximum Gasteiger partial charge on any atom is 0.222 e. The molecule has 0 aliphatic rings. The molecular weight excluding hydrogens is 202 g/mol. The molecule has 1 rings (SSSR count). The highest BCUT2D eigenvalue weighted by Crippen LogP contribution is 2.07. The normalized spacial score (nSPS) is 10.2. The number of carbonyl (C=O) groups is 1. The highest BCUT2D eigenvalue weighted by atomic mass is 16.3. The Labute approximate surface area is 96.7 Å². The lowest BCUT2D eigenvalue weighted by Gasteiger charge is -2.17. The molecule has 0 fully saturated rings. The van der Waals surface area contributed by atoms with Gasteiger partial charge in [-0.15, -0.1) is 0 Å². The first-order valence-corrected chi connectivity index (χ1v) is 5.54. The van der Waals surface area contributed by atoms with Crippen LogP contribution in [0.5, 0.6) is 0 Å². The van der Waals surface area contributed by atoms with Gasteiger partial charge < -0.3 is 10.0 Å². The molecule has 0 aliphatic carbocycles. The molecule has 1 amide bonds. The third kappa shape index (κ3) is 4.03. The first kappa shape index (κ1) is 12.7. The Morgan fingerprint density at radius 3 is 2.50 bits per heavy atom. The Kier molecular flexibility index (Phi) is 4.99. The van der Waals surface area contributed by atoms with E-state index in [1.165, 1.54) is 5.56 Å². The number of carbonyl (C=O) groups excluding carboxylic acids is 1. The number of aliphatic hydroxyl groups excluding tert-OH is 1. The van der Waals surface area contributed by atoms with Crippen LogP contribution in [0.15, 0.2) is 24.3 Å². The lowest BCUT2D eigenvalue weighted by molar-refractivity contribution is -0.130. The first-order valence-electron chi connectivity index (χ1n) is 5.54. The highest BCUT2D eigenvalue weighted by molar-refractivity contribution is 5.75. The Morgan fingerprint density at radius 2 is 1.94 bits per heavy atom. The number of nitrogens with zero attached hydrogens (tertiary/aromatic N) is 1. The van der Waals surface area contributed by atoms with Gasteiger partial charge in [0.1, 0.15) is 0 Å². The van der Waals surface area contributed by atoms with Crippen molar-refractivity contribution in [3.63, 3.8) is 0 Å². The third-order valence-electron chi connectivity index (χ3n) is 2.51. The summed E-state index contributed by atoms with van der Waals surface area (Å²) in [7, 11) is 1.79. The number of rotatable bonds is 5. The summed E-state index contributed by atoms with van der Waals surface area (Å²) in [6.07, 6.45) is 0.954. The van der Waals surface area contributed by atoms with E-state index in [0.29, 0.717) is 19.4 Å². The van der Waals surface area contributed by atoms with Crippen LogP contribution in [0.3, 0.4) is 0 Å². The molecule has 3 nitrogen and oxygen atoms in total. The van der Waals surface area contributed by atoms with Crippen molar-refractivity contribution >= 4 is 5.91 Å². The predicted octanol–water partition coefficient (Wildman–Crippen LogP) is 1.73. The number of hydrogen-bond donors (Lipinski definition) is 1. The number of hydrogen-bond acceptors (Lipinski definition) is 2. The molecule has 0 unspecified atom stereocenters. The minimum Gasteiger partial charge on any atom is -0.396 e. The summed E-state index contributed by atoms with van der Waals surface area (Å²) < 4.78 is 0. The molecule has 0 atom stereocenters. The van der Waals surface area contributed by atoms with Crippen molar-refractivity contribution in [3.05, 3.63) is 35.4 Å². The Bertz CT molecular complexity index is 332. The first-order chi connectivity index (χ1) is 7.63. The van der Waals surface area contributed by atoms with Gasteiger partial charge in [-0.3, -0.25) is 4.79 Å². The molecule has 16 heavy (non-hydrogen) atoms. The number of amides is 1. The van der Waals surface area contributed by atoms with Crippen molar-refractivity contribution in [2.75, 3.05) is 13.7 Å². The fourth-order valence-electron chi connectivity index (χ4n) is 1.48. The fourth-order valence-corrected chi connectivity index (χ4v) is 1.48. The van der Waals surface area contributed by atoms with E-state index >= 15 is 0 Å². The van der Waals surface area contributed by atoms with E-state index < -0.39 is 0 Å². The molecule has 0 radical (unpaired) electrons. The van der Waals surface area contributed by atoms with Crippen LogP contribution in [0, 0.1) is 6.92 Å². The van der Waals surface area contributed by atoms with Crippen LogP contribution in [-0.4, -0.2) is 29.6 Å². The molecule has 0 saturated carbocycles. The summed E-state index contributed by atoms with van der Waals surface area (Å²) in [6.45, 7) is 2.74. The van der Waals surface area contributed by atoms with Crippen molar-refractivity contribution in [1.82, 2.24) is 4.90 Å². The lowest BCUT2D eigenvalue weighted by Crippen LogP contribution is -2.26. The van der Waals surface area contributed by atoms with E-state index in [9.17, 15) is 4.79 Å². The molecule has 3 heteroatoms. The maximum atomic E-state index is 11.6. The second-order valence-corrected chi connectivity index (χ2v) is 4.06. The van der Waals surface area contributed by atoms with Gasteiger partial charge in [-0.25, -0.2) is 0 Å². The molecule has 0 heterocycles. The Morgan fingerprint density at radius 1 is 1.31 bits per heavy atom. The van der Waals surface area contributed by atoms with Crippen LogP contribution in [0.4, 0.5) is 0 Å².